The number of aromatic nitrogens is 2. The van der Waals surface area contributed by atoms with Gasteiger partial charge in [0, 0.05) is 14.0 Å². The van der Waals surface area contributed by atoms with Crippen LogP contribution in [0.5, 0.6) is 0 Å². The average molecular weight is 232 g/mol. The molecule has 1 aromatic heterocycles. The number of anilines is 1. The van der Waals surface area contributed by atoms with Crippen molar-refractivity contribution >= 4 is 27.8 Å². The number of halogens is 1. The normalized spacial score (nSPS) is 10.0. The molecule has 12 heavy (non-hydrogen) atoms. The third-order valence-electron chi connectivity index (χ3n) is 1.47. The minimum Gasteiger partial charge on any atom is -0.308 e. The van der Waals surface area contributed by atoms with Crippen molar-refractivity contribution in [2.45, 2.75) is 13.8 Å². The molecule has 0 aliphatic carbocycles. The summed E-state index contributed by atoms with van der Waals surface area (Å²) in [6, 6.07) is 0. The fraction of sp³-hybridized carbons (Fsp3) is 0.429. The van der Waals surface area contributed by atoms with Gasteiger partial charge in [0.2, 0.25) is 11.9 Å². The van der Waals surface area contributed by atoms with Crippen LogP contribution in [0.3, 0.4) is 0 Å². The number of imidazole rings is 1. The maximum atomic E-state index is 10.7. The second-order valence-corrected chi connectivity index (χ2v) is 3.30. The Morgan fingerprint density at radius 1 is 1.67 bits per heavy atom. The topological polar surface area (TPSA) is 46.9 Å². The molecule has 0 unspecified atom stereocenters. The molecule has 0 saturated carbocycles. The van der Waals surface area contributed by atoms with Crippen LogP contribution in [0.4, 0.5) is 5.95 Å². The smallest absolute Gasteiger partial charge is 0.223 e. The highest BCUT2D eigenvalue weighted by atomic mass is 79.9. The van der Waals surface area contributed by atoms with E-state index in [2.05, 4.69) is 26.2 Å². The first-order valence-electron chi connectivity index (χ1n) is 3.48. The van der Waals surface area contributed by atoms with Gasteiger partial charge >= 0.3 is 0 Å². The quantitative estimate of drug-likeness (QED) is 0.796. The van der Waals surface area contributed by atoms with Crippen LogP contribution in [0.2, 0.25) is 0 Å². The molecule has 1 heterocycles. The molecule has 0 radical (unpaired) electrons. The van der Waals surface area contributed by atoms with Crippen LogP contribution >= 0.6 is 15.9 Å². The highest BCUT2D eigenvalue weighted by Crippen LogP contribution is 2.18. The van der Waals surface area contributed by atoms with Gasteiger partial charge in [0.1, 0.15) is 4.60 Å². The highest BCUT2D eigenvalue weighted by molar-refractivity contribution is 9.10. The molecule has 0 aromatic carbocycles. The van der Waals surface area contributed by atoms with Crippen LogP contribution in [0, 0.1) is 6.92 Å². The van der Waals surface area contributed by atoms with Crippen LogP contribution in [0.25, 0.3) is 0 Å². The molecule has 5 heteroatoms. The first-order chi connectivity index (χ1) is 5.52. The van der Waals surface area contributed by atoms with Crippen molar-refractivity contribution in [3.05, 3.63) is 10.3 Å². The summed E-state index contributed by atoms with van der Waals surface area (Å²) in [5.41, 5.74) is 0.862. The number of nitrogens with zero attached hydrogens (tertiary/aromatic N) is 2. The van der Waals surface area contributed by atoms with Crippen molar-refractivity contribution in [3.63, 3.8) is 0 Å². The molecular formula is C7H10BrN3O. The molecule has 0 atom stereocenters. The van der Waals surface area contributed by atoms with Gasteiger partial charge in [-0.1, -0.05) is 0 Å². The van der Waals surface area contributed by atoms with Gasteiger partial charge in [-0.3, -0.25) is 10.1 Å². The van der Waals surface area contributed by atoms with E-state index in [4.69, 9.17) is 0 Å². The molecule has 1 rings (SSSR count). The van der Waals surface area contributed by atoms with Gasteiger partial charge in [-0.2, -0.15) is 0 Å². The van der Waals surface area contributed by atoms with Crippen molar-refractivity contribution in [2.75, 3.05) is 5.32 Å². The summed E-state index contributed by atoms with van der Waals surface area (Å²) in [4.78, 5) is 14.8. The van der Waals surface area contributed by atoms with E-state index in [1.807, 2.05) is 14.0 Å². The van der Waals surface area contributed by atoms with Crippen LogP contribution in [0.1, 0.15) is 12.6 Å². The van der Waals surface area contributed by atoms with Crippen molar-refractivity contribution in [3.8, 4) is 0 Å². The zero-order valence-electron chi connectivity index (χ0n) is 7.18. The number of amides is 1. The van der Waals surface area contributed by atoms with Crippen molar-refractivity contribution in [1.29, 1.82) is 0 Å². The van der Waals surface area contributed by atoms with E-state index in [-0.39, 0.29) is 5.91 Å². The molecule has 0 aliphatic rings. The number of rotatable bonds is 1. The molecule has 0 aliphatic heterocycles. The Bertz CT molecular complexity index is 319. The van der Waals surface area contributed by atoms with E-state index in [1.54, 1.807) is 4.57 Å². The van der Waals surface area contributed by atoms with E-state index in [1.165, 1.54) is 6.92 Å². The van der Waals surface area contributed by atoms with Gasteiger partial charge in [0.25, 0.3) is 0 Å². The predicted molar refractivity (Wildman–Crippen MR) is 49.9 cm³/mol. The average Bonchev–Trinajstić information content (AvgIpc) is 2.17. The maximum Gasteiger partial charge on any atom is 0.223 e. The third-order valence-corrected chi connectivity index (χ3v) is 2.58. The lowest BCUT2D eigenvalue weighted by atomic mass is 10.6. The van der Waals surface area contributed by atoms with Gasteiger partial charge in [0.15, 0.2) is 0 Å². The van der Waals surface area contributed by atoms with Crippen LogP contribution in [-0.2, 0) is 11.8 Å². The first kappa shape index (κ1) is 9.25. The summed E-state index contributed by atoms with van der Waals surface area (Å²) < 4.78 is 2.66. The first-order valence-corrected chi connectivity index (χ1v) is 4.28. The Kier molecular flexibility index (Phi) is 2.52. The van der Waals surface area contributed by atoms with Crippen molar-refractivity contribution < 1.29 is 4.79 Å². The summed E-state index contributed by atoms with van der Waals surface area (Å²) >= 11 is 3.34. The zero-order valence-corrected chi connectivity index (χ0v) is 8.77. The van der Waals surface area contributed by atoms with Gasteiger partial charge < -0.3 is 4.57 Å². The lowest BCUT2D eigenvalue weighted by molar-refractivity contribution is -0.114. The summed E-state index contributed by atoms with van der Waals surface area (Å²) in [6.07, 6.45) is 0. The molecule has 0 fully saturated rings. The second kappa shape index (κ2) is 3.26. The number of hydrogen-bond donors (Lipinski definition) is 1. The highest BCUT2D eigenvalue weighted by Gasteiger charge is 2.08. The largest absolute Gasteiger partial charge is 0.308 e. The molecular weight excluding hydrogens is 222 g/mol. The molecule has 66 valence electrons. The predicted octanol–water partition coefficient (Wildman–Crippen LogP) is 1.45. The van der Waals surface area contributed by atoms with Crippen molar-refractivity contribution in [2.24, 2.45) is 7.05 Å². The monoisotopic (exact) mass is 231 g/mol. The number of hydrogen-bond acceptors (Lipinski definition) is 2. The summed E-state index contributed by atoms with van der Waals surface area (Å²) in [6.45, 7) is 3.33. The van der Waals surface area contributed by atoms with Gasteiger partial charge in [0.05, 0.1) is 5.69 Å². The van der Waals surface area contributed by atoms with Gasteiger partial charge in [-0.15, -0.1) is 0 Å². The van der Waals surface area contributed by atoms with Crippen molar-refractivity contribution in [1.82, 2.24) is 9.55 Å². The van der Waals surface area contributed by atoms with E-state index >= 15 is 0 Å². The molecule has 0 bridgehead atoms. The summed E-state index contributed by atoms with van der Waals surface area (Å²) in [7, 11) is 1.83. The molecule has 0 spiro atoms. The maximum absolute atomic E-state index is 10.7. The number of nitrogens with one attached hydrogen (secondary N) is 1. The van der Waals surface area contributed by atoms with Crippen LogP contribution in [0.15, 0.2) is 4.60 Å². The standard InChI is InChI=1S/C7H10BrN3O/c1-4-6(8)11(3)7(9-4)10-5(2)12/h1-3H3,(H,9,10,12). The second-order valence-electron chi connectivity index (χ2n) is 2.55. The Morgan fingerprint density at radius 2 is 2.25 bits per heavy atom. The Labute approximate surface area is 79.1 Å². The van der Waals surface area contributed by atoms with E-state index in [0.29, 0.717) is 5.95 Å². The Balaban J connectivity index is 3.01. The molecule has 4 nitrogen and oxygen atoms in total. The minimum atomic E-state index is -0.115. The summed E-state index contributed by atoms with van der Waals surface area (Å²) in [5.74, 6) is 0.447. The number of carbonyl (C=O) groups is 1. The zero-order chi connectivity index (χ0) is 9.30. The van der Waals surface area contributed by atoms with E-state index in [0.717, 1.165) is 10.3 Å². The Hall–Kier alpha value is -0.840. The number of aryl methyl sites for hydroxylation is 1. The Morgan fingerprint density at radius 3 is 2.58 bits per heavy atom. The molecule has 0 saturated heterocycles. The molecule has 1 amide bonds. The lowest BCUT2D eigenvalue weighted by Crippen LogP contribution is -2.10. The van der Waals surface area contributed by atoms with Gasteiger partial charge in [-0.25, -0.2) is 4.98 Å². The van der Waals surface area contributed by atoms with Gasteiger partial charge in [-0.05, 0) is 22.9 Å². The van der Waals surface area contributed by atoms with Crippen LogP contribution in [-0.4, -0.2) is 15.5 Å². The molecule has 1 N–H and O–H groups in total. The van der Waals surface area contributed by atoms with E-state index < -0.39 is 0 Å². The number of carbonyl (C=O) groups excluding carboxylic acids is 1. The van der Waals surface area contributed by atoms with Crippen LogP contribution < -0.4 is 5.32 Å². The lowest BCUT2D eigenvalue weighted by Gasteiger charge is -2.00. The summed E-state index contributed by atoms with van der Waals surface area (Å²) in [5, 5.41) is 2.62. The minimum absolute atomic E-state index is 0.115. The fourth-order valence-corrected chi connectivity index (χ4v) is 1.14. The van der Waals surface area contributed by atoms with E-state index in [9.17, 15) is 4.79 Å². The third kappa shape index (κ3) is 1.66. The molecule has 1 aromatic rings. The fourth-order valence-electron chi connectivity index (χ4n) is 0.885. The SMILES string of the molecule is CC(=O)Nc1nc(C)c(Br)n1C.